The van der Waals surface area contributed by atoms with Crippen molar-refractivity contribution >= 4 is 28.3 Å². The van der Waals surface area contributed by atoms with Crippen LogP contribution in [0.25, 0.3) is 10.9 Å². The van der Waals surface area contributed by atoms with Crippen LogP contribution in [0.3, 0.4) is 0 Å². The molecule has 3 rings (SSSR count). The first-order valence-corrected chi connectivity index (χ1v) is 10.2. The number of aliphatic hydroxyl groups excluding tert-OH is 1. The summed E-state index contributed by atoms with van der Waals surface area (Å²) < 4.78 is 13.4. The minimum Gasteiger partial charge on any atom is -0.395 e. The van der Waals surface area contributed by atoms with E-state index in [-0.39, 0.29) is 18.5 Å². The number of halogens is 2. The van der Waals surface area contributed by atoms with Crippen LogP contribution in [0.15, 0.2) is 48.8 Å². The second kappa shape index (κ2) is 10.5. The molecule has 0 amide bonds. The summed E-state index contributed by atoms with van der Waals surface area (Å²) in [5.74, 6) is 0.564. The molecule has 2 N–H and O–H groups in total. The Labute approximate surface area is 175 Å². The van der Waals surface area contributed by atoms with Crippen LogP contribution in [-0.2, 0) is 6.54 Å². The lowest BCUT2D eigenvalue weighted by Gasteiger charge is -2.23. The number of aromatic nitrogens is 2. The van der Waals surface area contributed by atoms with Crippen LogP contribution in [0.1, 0.15) is 25.3 Å². The molecule has 0 radical (unpaired) electrons. The van der Waals surface area contributed by atoms with Crippen LogP contribution in [0.2, 0.25) is 5.02 Å². The smallest absolute Gasteiger partial charge is 0.137 e. The van der Waals surface area contributed by atoms with Gasteiger partial charge >= 0.3 is 0 Å². The Hall–Kier alpha value is -2.28. The monoisotopic (exact) mass is 416 g/mol. The highest BCUT2D eigenvalue weighted by Gasteiger charge is 2.10. The minimum atomic E-state index is -0.234. The Kier molecular flexibility index (Phi) is 7.75. The van der Waals surface area contributed by atoms with E-state index in [0.29, 0.717) is 18.1 Å². The first-order chi connectivity index (χ1) is 14.0. The molecular weight excluding hydrogens is 391 g/mol. The van der Waals surface area contributed by atoms with Gasteiger partial charge in [-0.25, -0.2) is 14.4 Å². The normalized spacial score (nSPS) is 12.4. The zero-order valence-electron chi connectivity index (χ0n) is 16.5. The maximum Gasteiger partial charge on any atom is 0.137 e. The van der Waals surface area contributed by atoms with Gasteiger partial charge in [0.15, 0.2) is 0 Å². The predicted molar refractivity (Wildman–Crippen MR) is 116 cm³/mol. The fourth-order valence-corrected chi connectivity index (χ4v) is 3.54. The molecule has 0 fully saturated rings. The molecule has 1 heterocycles. The number of anilines is 1. The van der Waals surface area contributed by atoms with Gasteiger partial charge in [-0.15, -0.1) is 0 Å². The number of hydrogen-bond acceptors (Lipinski definition) is 5. The zero-order chi connectivity index (χ0) is 20.6. The van der Waals surface area contributed by atoms with Crippen LogP contribution >= 0.6 is 11.6 Å². The standard InChI is InChI=1S/C22H26ClFN4O/c1-16(27-22-20-8-7-18(23)13-21(20)25-15-26-22)4-3-9-28(10-11-29)14-17-5-2-6-19(24)12-17/h2,5-8,12-13,15-16,29H,3-4,9-11,14H2,1H3,(H,25,26,27). The van der Waals surface area contributed by atoms with E-state index in [9.17, 15) is 9.50 Å². The zero-order valence-corrected chi connectivity index (χ0v) is 17.2. The van der Waals surface area contributed by atoms with Crippen molar-refractivity contribution in [3.63, 3.8) is 0 Å². The van der Waals surface area contributed by atoms with Gasteiger partial charge in [-0.2, -0.15) is 0 Å². The molecule has 7 heteroatoms. The molecule has 0 aliphatic heterocycles. The molecule has 1 atom stereocenters. The number of nitrogens with zero attached hydrogens (tertiary/aromatic N) is 3. The molecule has 3 aromatic rings. The van der Waals surface area contributed by atoms with Crippen LogP contribution in [-0.4, -0.2) is 45.7 Å². The van der Waals surface area contributed by atoms with Crippen LogP contribution < -0.4 is 5.32 Å². The lowest BCUT2D eigenvalue weighted by molar-refractivity contribution is 0.187. The molecule has 0 aliphatic carbocycles. The van der Waals surface area contributed by atoms with Crippen molar-refractivity contribution in [1.29, 1.82) is 0 Å². The topological polar surface area (TPSA) is 61.3 Å². The molecule has 0 saturated carbocycles. The Morgan fingerprint density at radius 3 is 2.83 bits per heavy atom. The van der Waals surface area contributed by atoms with Gasteiger partial charge in [0.05, 0.1) is 12.1 Å². The molecule has 1 unspecified atom stereocenters. The molecular formula is C22H26ClFN4O. The molecule has 154 valence electrons. The molecule has 2 aromatic carbocycles. The average Bonchev–Trinajstić information content (AvgIpc) is 2.68. The third-order valence-electron chi connectivity index (χ3n) is 4.80. The second-order valence-electron chi connectivity index (χ2n) is 7.20. The number of fused-ring (bicyclic) bond motifs is 1. The van der Waals surface area contributed by atoms with Crippen molar-refractivity contribution in [3.8, 4) is 0 Å². The Morgan fingerprint density at radius 1 is 1.17 bits per heavy atom. The summed E-state index contributed by atoms with van der Waals surface area (Å²) in [4.78, 5) is 10.8. The van der Waals surface area contributed by atoms with Gasteiger partial charge in [0.2, 0.25) is 0 Å². The molecule has 5 nitrogen and oxygen atoms in total. The first-order valence-electron chi connectivity index (χ1n) is 9.79. The van der Waals surface area contributed by atoms with E-state index in [1.165, 1.54) is 12.4 Å². The highest BCUT2D eigenvalue weighted by molar-refractivity contribution is 6.31. The molecule has 29 heavy (non-hydrogen) atoms. The summed E-state index contributed by atoms with van der Waals surface area (Å²) in [6.07, 6.45) is 3.41. The maximum atomic E-state index is 13.4. The number of rotatable bonds is 10. The van der Waals surface area contributed by atoms with Gasteiger partial charge in [-0.05, 0) is 62.2 Å². The van der Waals surface area contributed by atoms with Crippen LogP contribution in [0, 0.1) is 5.82 Å². The number of aliphatic hydroxyl groups is 1. The highest BCUT2D eigenvalue weighted by Crippen LogP contribution is 2.23. The summed E-state index contributed by atoms with van der Waals surface area (Å²) in [6.45, 7) is 4.21. The SMILES string of the molecule is CC(CCCN(CCO)Cc1cccc(F)c1)Nc1ncnc2cc(Cl)ccc12. The predicted octanol–water partition coefficient (Wildman–Crippen LogP) is 4.50. The second-order valence-corrected chi connectivity index (χ2v) is 7.64. The lowest BCUT2D eigenvalue weighted by Crippen LogP contribution is -2.28. The van der Waals surface area contributed by atoms with E-state index in [2.05, 4.69) is 27.1 Å². The van der Waals surface area contributed by atoms with E-state index in [1.807, 2.05) is 24.3 Å². The van der Waals surface area contributed by atoms with E-state index < -0.39 is 0 Å². The minimum absolute atomic E-state index is 0.0819. The number of hydrogen-bond donors (Lipinski definition) is 2. The van der Waals surface area contributed by atoms with E-state index in [0.717, 1.165) is 41.7 Å². The number of nitrogens with one attached hydrogen (secondary N) is 1. The van der Waals surface area contributed by atoms with Crippen molar-refractivity contribution in [3.05, 3.63) is 65.2 Å². The van der Waals surface area contributed by atoms with Gasteiger partial charge in [0.1, 0.15) is 18.0 Å². The van der Waals surface area contributed by atoms with Crippen molar-refractivity contribution < 1.29 is 9.50 Å². The largest absolute Gasteiger partial charge is 0.395 e. The van der Waals surface area contributed by atoms with Crippen molar-refractivity contribution in [2.75, 3.05) is 25.0 Å². The fourth-order valence-electron chi connectivity index (χ4n) is 3.38. The Morgan fingerprint density at radius 2 is 2.03 bits per heavy atom. The Bertz CT molecular complexity index is 940. The van der Waals surface area contributed by atoms with Gasteiger partial charge in [0, 0.05) is 29.5 Å². The summed E-state index contributed by atoms with van der Waals surface area (Å²) in [5.41, 5.74) is 1.72. The summed E-state index contributed by atoms with van der Waals surface area (Å²) in [5, 5.41) is 14.4. The van der Waals surface area contributed by atoms with Gasteiger partial charge in [-0.3, -0.25) is 4.90 Å². The molecule has 0 bridgehead atoms. The van der Waals surface area contributed by atoms with Crippen LogP contribution in [0.5, 0.6) is 0 Å². The third-order valence-corrected chi connectivity index (χ3v) is 5.04. The molecule has 1 aromatic heterocycles. The van der Waals surface area contributed by atoms with E-state index >= 15 is 0 Å². The van der Waals surface area contributed by atoms with E-state index in [4.69, 9.17) is 11.6 Å². The Balaban J connectivity index is 1.53. The van der Waals surface area contributed by atoms with E-state index in [1.54, 1.807) is 12.1 Å². The molecule has 0 spiro atoms. The highest BCUT2D eigenvalue weighted by atomic mass is 35.5. The first kappa shape index (κ1) is 21.4. The fraction of sp³-hybridized carbons (Fsp3) is 0.364. The van der Waals surface area contributed by atoms with Crippen molar-refractivity contribution in [2.24, 2.45) is 0 Å². The molecule has 0 aliphatic rings. The van der Waals surface area contributed by atoms with Crippen molar-refractivity contribution in [1.82, 2.24) is 14.9 Å². The lowest BCUT2D eigenvalue weighted by atomic mass is 10.1. The average molecular weight is 417 g/mol. The van der Waals surface area contributed by atoms with Gasteiger partial charge in [-0.1, -0.05) is 23.7 Å². The maximum absolute atomic E-state index is 13.4. The third kappa shape index (κ3) is 6.35. The summed E-state index contributed by atoms with van der Waals surface area (Å²) in [6, 6.07) is 12.4. The quantitative estimate of drug-likeness (QED) is 0.509. The van der Waals surface area contributed by atoms with Gasteiger partial charge in [0.25, 0.3) is 0 Å². The van der Waals surface area contributed by atoms with Gasteiger partial charge < -0.3 is 10.4 Å². The number of benzene rings is 2. The summed E-state index contributed by atoms with van der Waals surface area (Å²) in [7, 11) is 0. The molecule has 0 saturated heterocycles. The van der Waals surface area contributed by atoms with Crippen LogP contribution in [0.4, 0.5) is 10.2 Å². The van der Waals surface area contributed by atoms with Crippen molar-refractivity contribution in [2.45, 2.75) is 32.4 Å². The summed E-state index contributed by atoms with van der Waals surface area (Å²) >= 11 is 6.04.